The lowest BCUT2D eigenvalue weighted by atomic mass is 10.2. The van der Waals surface area contributed by atoms with Crippen LogP contribution in [0.3, 0.4) is 0 Å². The first-order chi connectivity index (χ1) is 7.68. The van der Waals surface area contributed by atoms with Crippen LogP contribution in [0.25, 0.3) is 11.3 Å². The molecule has 0 spiro atoms. The third kappa shape index (κ3) is 1.78. The van der Waals surface area contributed by atoms with E-state index in [1.807, 2.05) is 0 Å². The van der Waals surface area contributed by atoms with Gasteiger partial charge in [0.1, 0.15) is 11.9 Å². The van der Waals surface area contributed by atoms with Gasteiger partial charge in [0.2, 0.25) is 0 Å². The highest BCUT2D eigenvalue weighted by Gasteiger charge is 2.11. The fraction of sp³-hybridized carbons (Fsp3) is 0. The van der Waals surface area contributed by atoms with E-state index in [4.69, 9.17) is 5.11 Å². The largest absolute Gasteiger partial charge is 0.477 e. The van der Waals surface area contributed by atoms with Crippen molar-refractivity contribution in [3.05, 3.63) is 40.7 Å². The van der Waals surface area contributed by atoms with Crippen LogP contribution in [0, 0.1) is 0 Å². The maximum Gasteiger partial charge on any atom is 0.341 e. The van der Waals surface area contributed by atoms with Gasteiger partial charge in [-0.05, 0) is 6.07 Å². The van der Waals surface area contributed by atoms with E-state index in [-0.39, 0.29) is 5.56 Å². The van der Waals surface area contributed by atoms with Crippen molar-refractivity contribution in [2.45, 2.75) is 0 Å². The Labute approximate surface area is 88.8 Å². The topological polar surface area (TPSA) is 109 Å². The van der Waals surface area contributed by atoms with E-state index < -0.39 is 11.5 Å². The number of H-pyrrole nitrogens is 1. The smallest absolute Gasteiger partial charge is 0.341 e. The normalized spacial score (nSPS) is 10.0. The van der Waals surface area contributed by atoms with E-state index in [2.05, 4.69) is 20.2 Å². The van der Waals surface area contributed by atoms with E-state index in [1.54, 1.807) is 0 Å². The van der Waals surface area contributed by atoms with Crippen molar-refractivity contribution < 1.29 is 9.90 Å². The molecular weight excluding hydrogens is 212 g/mol. The van der Waals surface area contributed by atoms with E-state index in [0.717, 1.165) is 0 Å². The number of nitrogens with one attached hydrogen (secondary N) is 1. The van der Waals surface area contributed by atoms with Crippen LogP contribution in [-0.2, 0) is 0 Å². The van der Waals surface area contributed by atoms with Crippen LogP contribution in [0.2, 0.25) is 0 Å². The van der Waals surface area contributed by atoms with Crippen LogP contribution in [-0.4, -0.2) is 31.2 Å². The molecule has 0 aliphatic heterocycles. The van der Waals surface area contributed by atoms with Crippen LogP contribution in [0.5, 0.6) is 0 Å². The summed E-state index contributed by atoms with van der Waals surface area (Å²) < 4.78 is 0. The van der Waals surface area contributed by atoms with Crippen LogP contribution in [0.4, 0.5) is 0 Å². The first-order valence-electron chi connectivity index (χ1n) is 4.27. The molecule has 2 heterocycles. The summed E-state index contributed by atoms with van der Waals surface area (Å²) in [6, 6.07) is 1.18. The first kappa shape index (κ1) is 9.97. The summed E-state index contributed by atoms with van der Waals surface area (Å²) in [6.07, 6.45) is 4.28. The molecule has 0 atom stereocenters. The van der Waals surface area contributed by atoms with E-state index in [0.29, 0.717) is 11.3 Å². The maximum atomic E-state index is 11.1. The highest BCUT2D eigenvalue weighted by Crippen LogP contribution is 2.12. The summed E-state index contributed by atoms with van der Waals surface area (Å²) in [5.41, 5.74) is -0.277. The summed E-state index contributed by atoms with van der Waals surface area (Å²) in [4.78, 5) is 29.4. The lowest BCUT2D eigenvalue weighted by molar-refractivity contribution is 0.0694. The van der Waals surface area contributed by atoms with Crippen molar-refractivity contribution in [3.63, 3.8) is 0 Å². The first-order valence-corrected chi connectivity index (χ1v) is 4.27. The maximum absolute atomic E-state index is 11.1. The molecule has 0 radical (unpaired) electrons. The number of carboxylic acids is 1. The van der Waals surface area contributed by atoms with Gasteiger partial charge in [-0.1, -0.05) is 0 Å². The molecular formula is C9H6N4O3. The number of nitrogens with zero attached hydrogens (tertiary/aromatic N) is 3. The molecule has 0 aliphatic rings. The van der Waals surface area contributed by atoms with Crippen LogP contribution >= 0.6 is 0 Å². The zero-order valence-corrected chi connectivity index (χ0v) is 7.91. The molecule has 7 heteroatoms. The van der Waals surface area contributed by atoms with Gasteiger partial charge in [-0.25, -0.2) is 19.9 Å². The quantitative estimate of drug-likeness (QED) is 0.729. The highest BCUT2D eigenvalue weighted by molar-refractivity contribution is 5.88. The Morgan fingerprint density at radius 3 is 2.62 bits per heavy atom. The van der Waals surface area contributed by atoms with Crippen LogP contribution in [0.15, 0.2) is 29.6 Å². The van der Waals surface area contributed by atoms with Crippen LogP contribution in [0.1, 0.15) is 10.4 Å². The number of carboxylic acid groups (broad SMARTS) is 1. The number of hydrogen-bond donors (Lipinski definition) is 2. The van der Waals surface area contributed by atoms with Gasteiger partial charge in [0.25, 0.3) is 5.56 Å². The SMILES string of the molecule is O=C(O)c1cc(-c2cncnc2)n[nH]c1=O. The summed E-state index contributed by atoms with van der Waals surface area (Å²) in [7, 11) is 0. The van der Waals surface area contributed by atoms with Gasteiger partial charge >= 0.3 is 5.97 Å². The molecule has 2 rings (SSSR count). The lowest BCUT2D eigenvalue weighted by Crippen LogP contribution is -2.18. The molecule has 16 heavy (non-hydrogen) atoms. The fourth-order valence-electron chi connectivity index (χ4n) is 1.14. The van der Waals surface area contributed by atoms with E-state index in [9.17, 15) is 9.59 Å². The number of carbonyl (C=O) groups is 1. The molecule has 2 aromatic rings. The lowest BCUT2D eigenvalue weighted by Gasteiger charge is -1.99. The van der Waals surface area contributed by atoms with Crippen molar-refractivity contribution in [1.29, 1.82) is 0 Å². The Balaban J connectivity index is 2.57. The Kier molecular flexibility index (Phi) is 2.42. The molecule has 2 N–H and O–H groups in total. The van der Waals surface area contributed by atoms with Gasteiger partial charge in [0.05, 0.1) is 5.69 Å². The number of aromatic carboxylic acids is 1. The van der Waals surface area contributed by atoms with Gasteiger partial charge in [-0.15, -0.1) is 0 Å². The minimum absolute atomic E-state index is 0.303. The Bertz CT molecular complexity index is 579. The van der Waals surface area contributed by atoms with Crippen molar-refractivity contribution in [3.8, 4) is 11.3 Å². The third-order valence-electron chi connectivity index (χ3n) is 1.89. The second-order valence-electron chi connectivity index (χ2n) is 2.93. The molecule has 0 bridgehead atoms. The van der Waals surface area contributed by atoms with Gasteiger partial charge in [-0.2, -0.15) is 5.10 Å². The molecule has 0 aliphatic carbocycles. The summed E-state index contributed by atoms with van der Waals surface area (Å²) in [5, 5.41) is 14.6. The number of hydrogen-bond acceptors (Lipinski definition) is 5. The van der Waals surface area contributed by atoms with Crippen molar-refractivity contribution in [1.82, 2.24) is 20.2 Å². The summed E-state index contributed by atoms with van der Waals surface area (Å²) >= 11 is 0. The summed E-state index contributed by atoms with van der Waals surface area (Å²) in [5.74, 6) is -1.30. The van der Waals surface area contributed by atoms with Crippen molar-refractivity contribution >= 4 is 5.97 Å². The molecule has 7 nitrogen and oxygen atoms in total. The number of aromatic amines is 1. The molecule has 0 saturated carbocycles. The predicted octanol–water partition coefficient (Wildman–Crippen LogP) is -0.0749. The van der Waals surface area contributed by atoms with Gasteiger partial charge in [-0.3, -0.25) is 4.79 Å². The second kappa shape index (κ2) is 3.89. The predicted molar refractivity (Wildman–Crippen MR) is 52.8 cm³/mol. The average molecular weight is 218 g/mol. The molecule has 0 amide bonds. The standard InChI is InChI=1S/C9H6N4O3/c14-8-6(9(15)16)1-7(12-13-8)5-2-10-4-11-3-5/h1-4H,(H,13,14)(H,15,16). The zero-order chi connectivity index (χ0) is 11.5. The summed E-state index contributed by atoms with van der Waals surface area (Å²) in [6.45, 7) is 0. The number of rotatable bonds is 2. The zero-order valence-electron chi connectivity index (χ0n) is 7.91. The second-order valence-corrected chi connectivity index (χ2v) is 2.93. The highest BCUT2D eigenvalue weighted by atomic mass is 16.4. The minimum atomic E-state index is -1.30. The fourth-order valence-corrected chi connectivity index (χ4v) is 1.14. The van der Waals surface area contributed by atoms with E-state index >= 15 is 0 Å². The van der Waals surface area contributed by atoms with Gasteiger partial charge < -0.3 is 5.11 Å². The third-order valence-corrected chi connectivity index (χ3v) is 1.89. The Hall–Kier alpha value is -2.57. The molecule has 2 aromatic heterocycles. The molecule has 80 valence electrons. The van der Waals surface area contributed by atoms with E-state index in [1.165, 1.54) is 24.8 Å². The van der Waals surface area contributed by atoms with Gasteiger partial charge in [0.15, 0.2) is 0 Å². The molecule has 0 unspecified atom stereocenters. The Morgan fingerprint density at radius 2 is 2.00 bits per heavy atom. The minimum Gasteiger partial charge on any atom is -0.477 e. The average Bonchev–Trinajstić information content (AvgIpc) is 2.30. The molecule has 0 fully saturated rings. The van der Waals surface area contributed by atoms with Gasteiger partial charge in [0, 0.05) is 18.0 Å². The van der Waals surface area contributed by atoms with Crippen molar-refractivity contribution in [2.75, 3.05) is 0 Å². The number of aromatic nitrogens is 4. The van der Waals surface area contributed by atoms with Crippen LogP contribution < -0.4 is 5.56 Å². The molecule has 0 saturated heterocycles. The Morgan fingerprint density at radius 1 is 1.31 bits per heavy atom. The monoisotopic (exact) mass is 218 g/mol. The molecule has 0 aromatic carbocycles. The van der Waals surface area contributed by atoms with Crippen molar-refractivity contribution in [2.24, 2.45) is 0 Å².